The molecule has 8 atom stereocenters. The first-order valence-corrected chi connectivity index (χ1v) is 10.8. The van der Waals surface area contributed by atoms with Gasteiger partial charge in [0.25, 0.3) is 0 Å². The Morgan fingerprint density at radius 1 is 1.20 bits per heavy atom. The lowest BCUT2D eigenvalue weighted by atomic mass is 9.78. The molecule has 1 saturated heterocycles. The number of esters is 2. The van der Waals surface area contributed by atoms with Gasteiger partial charge in [-0.05, 0) is 33.3 Å². The first-order chi connectivity index (χ1) is 13.9. The van der Waals surface area contributed by atoms with E-state index in [1.54, 1.807) is 0 Å². The quantitative estimate of drug-likeness (QED) is 0.258. The normalized spacial score (nSPS) is 36.5. The van der Waals surface area contributed by atoms with E-state index in [-0.39, 0.29) is 0 Å². The van der Waals surface area contributed by atoms with Crippen molar-refractivity contribution in [1.82, 2.24) is 0 Å². The minimum Gasteiger partial charge on any atom is -0.458 e. The highest BCUT2D eigenvalue weighted by Gasteiger charge is 2.50. The molecule has 0 saturated carbocycles. The summed E-state index contributed by atoms with van der Waals surface area (Å²) in [5, 5.41) is 41.6. The highest BCUT2D eigenvalue weighted by Crippen LogP contribution is 2.32. The standard InChI is InChI=1S/C22H38O8/c1-6-7-8-9-10-16(23)11-12-17(24)30-18-13(2)19(25)22(5,28)20(26)14(3)21(27)29-15(18)4/h11-16,18-20,23,25-26,28H,6-10H2,1-5H3/t13-,14+,15+,16-,18-,19+,20-,22-/m1/s1. The monoisotopic (exact) mass is 430 g/mol. The number of carbonyl (C=O) groups excluding carboxylic acids is 2. The Hall–Kier alpha value is -1.48. The van der Waals surface area contributed by atoms with Gasteiger partial charge in [-0.25, -0.2) is 4.79 Å². The van der Waals surface area contributed by atoms with Crippen molar-refractivity contribution in [2.45, 2.75) is 103 Å². The molecule has 0 amide bonds. The van der Waals surface area contributed by atoms with E-state index >= 15 is 0 Å². The Morgan fingerprint density at radius 2 is 1.83 bits per heavy atom. The molecule has 1 fully saturated rings. The van der Waals surface area contributed by atoms with Crippen LogP contribution in [0.4, 0.5) is 0 Å². The van der Waals surface area contributed by atoms with Crippen molar-refractivity contribution in [3.05, 3.63) is 12.2 Å². The van der Waals surface area contributed by atoms with Crippen LogP contribution < -0.4 is 0 Å². The van der Waals surface area contributed by atoms with Gasteiger partial charge in [0.2, 0.25) is 0 Å². The number of carbonyl (C=O) groups is 2. The average Bonchev–Trinajstić information content (AvgIpc) is 2.71. The molecule has 0 radical (unpaired) electrons. The number of aliphatic hydroxyl groups excluding tert-OH is 3. The smallest absolute Gasteiger partial charge is 0.330 e. The summed E-state index contributed by atoms with van der Waals surface area (Å²) in [6.07, 6.45) is 1.24. The fourth-order valence-electron chi connectivity index (χ4n) is 3.75. The van der Waals surface area contributed by atoms with Crippen LogP contribution in [0.2, 0.25) is 0 Å². The van der Waals surface area contributed by atoms with Crippen molar-refractivity contribution < 1.29 is 39.5 Å². The summed E-state index contributed by atoms with van der Waals surface area (Å²) in [5.74, 6) is -3.46. The number of ether oxygens (including phenoxy) is 2. The van der Waals surface area contributed by atoms with E-state index in [9.17, 15) is 30.0 Å². The average molecular weight is 431 g/mol. The second kappa shape index (κ2) is 11.8. The zero-order valence-corrected chi connectivity index (χ0v) is 18.7. The largest absolute Gasteiger partial charge is 0.458 e. The van der Waals surface area contributed by atoms with E-state index in [1.165, 1.54) is 33.8 Å². The van der Waals surface area contributed by atoms with E-state index in [2.05, 4.69) is 6.92 Å². The molecule has 30 heavy (non-hydrogen) atoms. The van der Waals surface area contributed by atoms with Crippen LogP contribution in [0.15, 0.2) is 12.2 Å². The molecule has 0 spiro atoms. The fraction of sp³-hybridized carbons (Fsp3) is 0.818. The lowest BCUT2D eigenvalue weighted by Crippen LogP contribution is -2.57. The van der Waals surface area contributed by atoms with Gasteiger partial charge in [-0.3, -0.25) is 4.79 Å². The molecular formula is C22H38O8. The Labute approximate surface area is 178 Å². The highest BCUT2D eigenvalue weighted by molar-refractivity contribution is 5.82. The van der Waals surface area contributed by atoms with Crippen LogP contribution >= 0.6 is 0 Å². The molecule has 0 aromatic carbocycles. The molecule has 0 aromatic rings. The summed E-state index contributed by atoms with van der Waals surface area (Å²) in [4.78, 5) is 24.6. The van der Waals surface area contributed by atoms with Crippen LogP contribution in [-0.2, 0) is 19.1 Å². The minimum absolute atomic E-state index is 0.537. The summed E-state index contributed by atoms with van der Waals surface area (Å²) in [7, 11) is 0. The van der Waals surface area contributed by atoms with Gasteiger partial charge in [-0.2, -0.15) is 0 Å². The van der Waals surface area contributed by atoms with E-state index in [0.717, 1.165) is 31.8 Å². The van der Waals surface area contributed by atoms with E-state index in [4.69, 9.17) is 9.47 Å². The van der Waals surface area contributed by atoms with Crippen LogP contribution in [0, 0.1) is 11.8 Å². The Bertz CT molecular complexity index is 588. The molecule has 0 aromatic heterocycles. The number of hydrogen-bond acceptors (Lipinski definition) is 8. The second-order valence-electron chi connectivity index (χ2n) is 8.58. The third kappa shape index (κ3) is 7.04. The maximum atomic E-state index is 12.3. The number of hydrogen-bond donors (Lipinski definition) is 4. The Balaban J connectivity index is 2.88. The van der Waals surface area contributed by atoms with Crippen molar-refractivity contribution in [2.24, 2.45) is 11.8 Å². The van der Waals surface area contributed by atoms with E-state index in [1.807, 2.05) is 0 Å². The van der Waals surface area contributed by atoms with Crippen LogP contribution in [-0.4, -0.2) is 68.5 Å². The molecule has 0 unspecified atom stereocenters. The maximum Gasteiger partial charge on any atom is 0.330 e. The van der Waals surface area contributed by atoms with Gasteiger partial charge in [-0.1, -0.05) is 39.5 Å². The molecule has 1 aliphatic rings. The van der Waals surface area contributed by atoms with E-state index in [0.29, 0.717) is 6.42 Å². The van der Waals surface area contributed by atoms with E-state index < -0.39 is 59.9 Å². The third-order valence-corrected chi connectivity index (χ3v) is 5.88. The fourth-order valence-corrected chi connectivity index (χ4v) is 3.75. The Kier molecular flexibility index (Phi) is 10.4. The van der Waals surface area contributed by atoms with Crippen molar-refractivity contribution in [2.75, 3.05) is 0 Å². The van der Waals surface area contributed by atoms with Gasteiger partial charge in [0, 0.05) is 12.0 Å². The predicted octanol–water partition coefficient (Wildman–Crippen LogP) is 1.48. The summed E-state index contributed by atoms with van der Waals surface area (Å²) in [6.45, 7) is 7.77. The molecule has 1 aliphatic heterocycles. The lowest BCUT2D eigenvalue weighted by Gasteiger charge is -2.39. The van der Waals surface area contributed by atoms with Gasteiger partial charge < -0.3 is 29.9 Å². The highest BCUT2D eigenvalue weighted by atomic mass is 16.6. The molecule has 1 rings (SSSR count). The van der Waals surface area contributed by atoms with Crippen LogP contribution in [0.3, 0.4) is 0 Å². The first kappa shape index (κ1) is 26.6. The van der Waals surface area contributed by atoms with Gasteiger partial charge in [0.05, 0.1) is 24.2 Å². The number of unbranched alkanes of at least 4 members (excludes halogenated alkanes) is 3. The minimum atomic E-state index is -2.02. The summed E-state index contributed by atoms with van der Waals surface area (Å²) in [6, 6.07) is 0. The molecule has 8 heteroatoms. The van der Waals surface area contributed by atoms with Gasteiger partial charge in [0.15, 0.2) is 0 Å². The molecule has 0 bridgehead atoms. The van der Waals surface area contributed by atoms with Crippen molar-refractivity contribution in [3.8, 4) is 0 Å². The number of rotatable bonds is 8. The van der Waals surface area contributed by atoms with Crippen LogP contribution in [0.5, 0.6) is 0 Å². The van der Waals surface area contributed by atoms with Gasteiger partial charge in [0.1, 0.15) is 17.8 Å². The van der Waals surface area contributed by atoms with Crippen molar-refractivity contribution in [3.63, 3.8) is 0 Å². The van der Waals surface area contributed by atoms with Crippen LogP contribution in [0.25, 0.3) is 0 Å². The summed E-state index contributed by atoms with van der Waals surface area (Å²) < 4.78 is 10.7. The molecule has 4 N–H and O–H groups in total. The first-order valence-electron chi connectivity index (χ1n) is 10.8. The van der Waals surface area contributed by atoms with Crippen molar-refractivity contribution in [1.29, 1.82) is 0 Å². The maximum absolute atomic E-state index is 12.3. The zero-order chi connectivity index (χ0) is 23.1. The van der Waals surface area contributed by atoms with Gasteiger partial charge >= 0.3 is 11.9 Å². The topological polar surface area (TPSA) is 134 Å². The van der Waals surface area contributed by atoms with Crippen LogP contribution in [0.1, 0.15) is 66.7 Å². The summed E-state index contributed by atoms with van der Waals surface area (Å²) in [5.41, 5.74) is -2.02. The zero-order valence-electron chi connectivity index (χ0n) is 18.7. The summed E-state index contributed by atoms with van der Waals surface area (Å²) >= 11 is 0. The van der Waals surface area contributed by atoms with Crippen molar-refractivity contribution >= 4 is 11.9 Å². The molecule has 1 heterocycles. The van der Waals surface area contributed by atoms with Gasteiger partial charge in [-0.15, -0.1) is 0 Å². The Morgan fingerprint density at radius 3 is 2.43 bits per heavy atom. The predicted molar refractivity (Wildman–Crippen MR) is 110 cm³/mol. The third-order valence-electron chi connectivity index (χ3n) is 5.88. The molecular weight excluding hydrogens is 392 g/mol. The lowest BCUT2D eigenvalue weighted by molar-refractivity contribution is -0.180. The molecule has 174 valence electrons. The number of cyclic esters (lactones) is 1. The SMILES string of the molecule is CCCCCC[C@@H](O)C=CC(=O)O[C@@H]1[C@@H](C)[C@H](O)[C@@](C)(O)[C@H](O)[C@H](C)C(=O)O[C@H]1C. The molecule has 0 aliphatic carbocycles. The second-order valence-corrected chi connectivity index (χ2v) is 8.58. The number of aliphatic hydroxyl groups is 4. The molecule has 8 nitrogen and oxygen atoms in total.